The Morgan fingerprint density at radius 3 is 2.65 bits per heavy atom. The molecule has 1 aromatic rings. The number of amidine groups is 1. The molecule has 3 aliphatic rings. The molecule has 0 aromatic heterocycles. The minimum absolute atomic E-state index is 0.0983. The second kappa shape index (κ2) is 12.5. The van der Waals surface area contributed by atoms with Crippen molar-refractivity contribution in [3.63, 3.8) is 0 Å². The first-order chi connectivity index (χ1) is 17.8. The molecule has 0 saturated carbocycles. The van der Waals surface area contributed by atoms with E-state index >= 15 is 0 Å². The van der Waals surface area contributed by atoms with Crippen LogP contribution in [-0.4, -0.2) is 86.5 Å². The molecule has 202 valence electrons. The minimum Gasteiger partial charge on any atom is -0.469 e. The molecule has 9 nitrogen and oxygen atoms in total. The highest BCUT2D eigenvalue weighted by Crippen LogP contribution is 2.30. The lowest BCUT2D eigenvalue weighted by Crippen LogP contribution is -2.60. The highest BCUT2D eigenvalue weighted by Gasteiger charge is 2.39. The molecule has 3 saturated heterocycles. The number of halogens is 2. The maximum absolute atomic E-state index is 13.7. The molecular formula is C26H35Cl2N5O4. The van der Waals surface area contributed by atoms with Gasteiger partial charge in [0.05, 0.1) is 36.5 Å². The van der Waals surface area contributed by atoms with Crippen molar-refractivity contribution < 1.29 is 19.0 Å². The number of ether oxygens (including phenoxy) is 3. The number of methoxy groups -OCH3 is 1. The average molecular weight is 553 g/mol. The van der Waals surface area contributed by atoms with E-state index < -0.39 is 0 Å². The number of anilines is 1. The monoisotopic (exact) mass is 551 g/mol. The van der Waals surface area contributed by atoms with E-state index in [9.17, 15) is 4.79 Å². The molecule has 0 radical (unpaired) electrons. The number of fused-ring (bicyclic) bond motifs is 1. The fourth-order valence-electron chi connectivity index (χ4n) is 5.15. The van der Waals surface area contributed by atoms with Crippen molar-refractivity contribution in [3.8, 4) is 0 Å². The zero-order valence-electron chi connectivity index (χ0n) is 21.3. The van der Waals surface area contributed by atoms with E-state index in [1.165, 1.54) is 7.11 Å². The van der Waals surface area contributed by atoms with Gasteiger partial charge in [-0.05, 0) is 44.4 Å². The molecule has 3 aliphatic heterocycles. The number of aliphatic imine (C=N–C) groups is 1. The van der Waals surface area contributed by atoms with Crippen molar-refractivity contribution in [2.75, 3.05) is 51.9 Å². The van der Waals surface area contributed by atoms with Gasteiger partial charge in [-0.1, -0.05) is 29.8 Å². The Morgan fingerprint density at radius 1 is 1.19 bits per heavy atom. The van der Waals surface area contributed by atoms with Crippen LogP contribution in [0, 0.1) is 0 Å². The topological polar surface area (TPSA) is 102 Å². The summed E-state index contributed by atoms with van der Waals surface area (Å²) < 4.78 is 16.6. The Balaban J connectivity index is 1.46. The van der Waals surface area contributed by atoms with Crippen molar-refractivity contribution in [3.05, 3.63) is 51.8 Å². The second-order valence-corrected chi connectivity index (χ2v) is 10.3. The number of benzene rings is 1. The standard InChI is InChI=1S/C26H35Cl2N5O4/c1-16(17(2)30-18-4-5-20(27)21(28)14-18)24(31-26(29)35-3)25(34)32-9-6-19(7-10-32)33-11-13-37-23-15-36-12-8-22(23)33/h4-5,14,19,22-23,30H,2,6-13,15H2,1,3H3,(H2,29,31)/b24-16-/t22-,23+/m0/s1. The van der Waals surface area contributed by atoms with Crippen LogP contribution in [0.1, 0.15) is 26.2 Å². The summed E-state index contributed by atoms with van der Waals surface area (Å²) in [6.07, 6.45) is 2.89. The average Bonchev–Trinajstić information content (AvgIpc) is 2.92. The van der Waals surface area contributed by atoms with Crippen LogP contribution >= 0.6 is 23.2 Å². The lowest BCUT2D eigenvalue weighted by Gasteiger charge is -2.49. The Kier molecular flexibility index (Phi) is 9.36. The van der Waals surface area contributed by atoms with E-state index in [1.54, 1.807) is 25.1 Å². The highest BCUT2D eigenvalue weighted by atomic mass is 35.5. The highest BCUT2D eigenvalue weighted by molar-refractivity contribution is 6.42. The van der Waals surface area contributed by atoms with E-state index in [0.29, 0.717) is 65.4 Å². The molecule has 37 heavy (non-hydrogen) atoms. The fourth-order valence-corrected chi connectivity index (χ4v) is 5.45. The molecule has 4 rings (SSSR count). The molecule has 3 N–H and O–H groups in total. The van der Waals surface area contributed by atoms with Crippen LogP contribution in [0.3, 0.4) is 0 Å². The summed E-state index contributed by atoms with van der Waals surface area (Å²) in [5.74, 6) is -0.209. The molecule has 0 bridgehead atoms. The fraction of sp³-hybridized carbons (Fsp3) is 0.538. The van der Waals surface area contributed by atoms with E-state index in [0.717, 1.165) is 32.4 Å². The summed E-state index contributed by atoms with van der Waals surface area (Å²) in [4.78, 5) is 22.4. The van der Waals surface area contributed by atoms with E-state index in [2.05, 4.69) is 21.8 Å². The third kappa shape index (κ3) is 6.59. The third-order valence-corrected chi connectivity index (χ3v) is 7.99. The van der Waals surface area contributed by atoms with Crippen molar-refractivity contribution in [1.29, 1.82) is 0 Å². The van der Waals surface area contributed by atoms with Crippen LogP contribution in [0.5, 0.6) is 0 Å². The maximum atomic E-state index is 13.7. The maximum Gasteiger partial charge on any atom is 0.287 e. The number of nitrogens with two attached hydrogens (primary N) is 1. The number of piperidine rings is 1. The summed E-state index contributed by atoms with van der Waals surface area (Å²) in [5.41, 5.74) is 7.78. The molecule has 1 aromatic carbocycles. The number of nitrogens with one attached hydrogen (secondary N) is 1. The molecule has 11 heteroatoms. The van der Waals surface area contributed by atoms with Crippen molar-refractivity contribution >= 4 is 40.8 Å². The van der Waals surface area contributed by atoms with Gasteiger partial charge in [-0.25, -0.2) is 0 Å². The van der Waals surface area contributed by atoms with Crippen LogP contribution in [0.4, 0.5) is 5.69 Å². The number of likely N-dealkylation sites (tertiary alicyclic amines) is 1. The van der Waals surface area contributed by atoms with Crippen LogP contribution in [-0.2, 0) is 19.0 Å². The predicted octanol–water partition coefficient (Wildman–Crippen LogP) is 3.63. The van der Waals surface area contributed by atoms with Gasteiger partial charge < -0.3 is 30.2 Å². The lowest BCUT2D eigenvalue weighted by atomic mass is 9.95. The Morgan fingerprint density at radius 2 is 1.95 bits per heavy atom. The molecule has 2 atom stereocenters. The number of morpholine rings is 1. The first kappa shape index (κ1) is 27.7. The van der Waals surface area contributed by atoms with Gasteiger partial charge >= 0.3 is 0 Å². The number of carbonyl (C=O) groups excluding carboxylic acids is 1. The first-order valence-corrected chi connectivity index (χ1v) is 13.3. The van der Waals surface area contributed by atoms with Crippen molar-refractivity contribution in [2.24, 2.45) is 10.7 Å². The number of amides is 1. The zero-order chi connectivity index (χ0) is 26.5. The summed E-state index contributed by atoms with van der Waals surface area (Å²) >= 11 is 12.2. The predicted molar refractivity (Wildman–Crippen MR) is 146 cm³/mol. The van der Waals surface area contributed by atoms with Gasteiger partial charge in [0.2, 0.25) is 0 Å². The molecule has 3 heterocycles. The number of carbonyl (C=O) groups is 1. The number of allylic oxidation sites excluding steroid dienone is 1. The number of hydrogen-bond acceptors (Lipinski definition) is 7. The Hall–Kier alpha value is -2.30. The second-order valence-electron chi connectivity index (χ2n) is 9.46. The number of nitrogens with zero attached hydrogens (tertiary/aromatic N) is 3. The Bertz CT molecular complexity index is 1070. The quantitative estimate of drug-likeness (QED) is 0.241. The van der Waals surface area contributed by atoms with Crippen LogP contribution < -0.4 is 11.1 Å². The smallest absolute Gasteiger partial charge is 0.287 e. The summed E-state index contributed by atoms with van der Waals surface area (Å²) in [6.45, 7) is 10.2. The van der Waals surface area contributed by atoms with Crippen LogP contribution in [0.2, 0.25) is 10.0 Å². The molecular weight excluding hydrogens is 517 g/mol. The van der Waals surface area contributed by atoms with E-state index in [4.69, 9.17) is 43.1 Å². The van der Waals surface area contributed by atoms with Gasteiger partial charge in [0, 0.05) is 55.3 Å². The summed E-state index contributed by atoms with van der Waals surface area (Å²) in [5, 5.41) is 4.03. The number of hydrogen-bond donors (Lipinski definition) is 2. The van der Waals surface area contributed by atoms with Gasteiger partial charge in [-0.15, -0.1) is 0 Å². The van der Waals surface area contributed by atoms with Crippen molar-refractivity contribution in [2.45, 2.75) is 44.4 Å². The van der Waals surface area contributed by atoms with Crippen LogP contribution in [0.25, 0.3) is 0 Å². The van der Waals surface area contributed by atoms with E-state index in [-0.39, 0.29) is 23.7 Å². The Labute approximate surface area is 228 Å². The largest absolute Gasteiger partial charge is 0.469 e. The molecule has 3 fully saturated rings. The van der Waals surface area contributed by atoms with Gasteiger partial charge in [0.25, 0.3) is 11.9 Å². The van der Waals surface area contributed by atoms with Crippen LogP contribution in [0.15, 0.2) is 46.7 Å². The van der Waals surface area contributed by atoms with Crippen molar-refractivity contribution in [1.82, 2.24) is 9.80 Å². The first-order valence-electron chi connectivity index (χ1n) is 12.5. The molecule has 1 amide bonds. The van der Waals surface area contributed by atoms with Gasteiger partial charge in [0.1, 0.15) is 5.70 Å². The molecule has 0 spiro atoms. The summed E-state index contributed by atoms with van der Waals surface area (Å²) in [7, 11) is 1.41. The molecule has 0 unspecified atom stereocenters. The van der Waals surface area contributed by atoms with E-state index in [1.807, 2.05) is 4.90 Å². The minimum atomic E-state index is -0.209. The SMILES string of the molecule is C=C(Nc1ccc(Cl)c(Cl)c1)/C(C)=C(\N=C(/N)OC)C(=O)N1CCC(N2CCO[C@@H]3COCC[C@@H]32)CC1. The van der Waals surface area contributed by atoms with Gasteiger partial charge in [0.15, 0.2) is 0 Å². The van der Waals surface area contributed by atoms with Gasteiger partial charge in [-0.2, -0.15) is 4.99 Å². The molecule has 0 aliphatic carbocycles. The summed E-state index contributed by atoms with van der Waals surface area (Å²) in [6, 6.07) is 5.85. The number of rotatable bonds is 6. The normalized spacial score (nSPS) is 24.2. The zero-order valence-corrected chi connectivity index (χ0v) is 22.9. The lowest BCUT2D eigenvalue weighted by molar-refractivity contribution is -0.151. The van der Waals surface area contributed by atoms with Gasteiger partial charge in [-0.3, -0.25) is 9.69 Å². The third-order valence-electron chi connectivity index (χ3n) is 7.25.